The van der Waals surface area contributed by atoms with Crippen molar-refractivity contribution in [1.82, 2.24) is 0 Å². The molecule has 1 unspecified atom stereocenters. The van der Waals surface area contributed by atoms with Crippen LogP contribution < -0.4 is 0 Å². The highest BCUT2D eigenvalue weighted by Gasteiger charge is 2.57. The van der Waals surface area contributed by atoms with E-state index < -0.39 is 17.7 Å². The largest absolute Gasteiger partial charge is 0.298 e. The van der Waals surface area contributed by atoms with Crippen LogP contribution in [0.3, 0.4) is 0 Å². The Morgan fingerprint density at radius 2 is 1.75 bits per heavy atom. The van der Waals surface area contributed by atoms with E-state index in [1.165, 1.54) is 12.1 Å². The summed E-state index contributed by atoms with van der Waals surface area (Å²) in [5.41, 5.74) is 2.14. The highest BCUT2D eigenvalue weighted by atomic mass is 19.3. The van der Waals surface area contributed by atoms with E-state index in [1.807, 2.05) is 0 Å². The Labute approximate surface area is 114 Å². The second kappa shape index (κ2) is 4.47. The van der Waals surface area contributed by atoms with Crippen LogP contribution in [-0.2, 0) is 0 Å². The molecule has 0 heterocycles. The van der Waals surface area contributed by atoms with E-state index in [1.54, 1.807) is 24.3 Å². The van der Waals surface area contributed by atoms with Gasteiger partial charge in [0, 0.05) is 12.0 Å². The molecule has 1 aliphatic carbocycles. The van der Waals surface area contributed by atoms with Crippen LogP contribution in [0, 0.1) is 5.82 Å². The van der Waals surface area contributed by atoms with Crippen LogP contribution in [0.5, 0.6) is 0 Å². The zero-order valence-electron chi connectivity index (χ0n) is 10.4. The van der Waals surface area contributed by atoms with Gasteiger partial charge in [-0.3, -0.25) is 4.79 Å². The van der Waals surface area contributed by atoms with Gasteiger partial charge in [0.25, 0.3) is 5.92 Å². The van der Waals surface area contributed by atoms with Crippen molar-refractivity contribution in [3.05, 3.63) is 59.4 Å². The molecule has 0 aliphatic heterocycles. The number of aldehydes is 1. The Balaban J connectivity index is 1.94. The van der Waals surface area contributed by atoms with Crippen molar-refractivity contribution in [3.63, 3.8) is 0 Å². The summed E-state index contributed by atoms with van der Waals surface area (Å²) in [7, 11) is 0. The highest BCUT2D eigenvalue weighted by molar-refractivity contribution is 5.87. The normalized spacial score (nSPS) is 19.6. The monoisotopic (exact) mass is 276 g/mol. The van der Waals surface area contributed by atoms with E-state index in [0.717, 1.165) is 6.07 Å². The van der Waals surface area contributed by atoms with Gasteiger partial charge in [-0.1, -0.05) is 30.3 Å². The van der Waals surface area contributed by atoms with Crippen LogP contribution in [-0.4, -0.2) is 12.2 Å². The molecule has 102 valence electrons. The lowest BCUT2D eigenvalue weighted by atomic mass is 9.98. The first-order valence-electron chi connectivity index (χ1n) is 6.24. The van der Waals surface area contributed by atoms with Crippen LogP contribution in [0.1, 0.15) is 28.3 Å². The SMILES string of the molecule is O=Cc1cc(F)ccc1-c1ccc(C2CC2(F)F)cc1. The zero-order chi connectivity index (χ0) is 14.3. The number of halogens is 3. The highest BCUT2D eigenvalue weighted by Crippen LogP contribution is 2.55. The average Bonchev–Trinajstić information content (AvgIpc) is 3.08. The molecule has 0 radical (unpaired) electrons. The second-order valence-electron chi connectivity index (χ2n) is 4.99. The fraction of sp³-hybridized carbons (Fsp3) is 0.188. The van der Waals surface area contributed by atoms with Gasteiger partial charge < -0.3 is 0 Å². The molecule has 1 nitrogen and oxygen atoms in total. The first-order chi connectivity index (χ1) is 9.51. The third-order valence-corrected chi connectivity index (χ3v) is 3.59. The zero-order valence-corrected chi connectivity index (χ0v) is 10.4. The van der Waals surface area contributed by atoms with Gasteiger partial charge in [-0.15, -0.1) is 0 Å². The Morgan fingerprint density at radius 1 is 1.10 bits per heavy atom. The van der Waals surface area contributed by atoms with Crippen molar-refractivity contribution in [1.29, 1.82) is 0 Å². The van der Waals surface area contributed by atoms with Gasteiger partial charge in [0.15, 0.2) is 6.29 Å². The maximum Gasteiger partial charge on any atom is 0.255 e. The summed E-state index contributed by atoms with van der Waals surface area (Å²) in [5, 5.41) is 0. The summed E-state index contributed by atoms with van der Waals surface area (Å²) in [6.45, 7) is 0. The van der Waals surface area contributed by atoms with Gasteiger partial charge in [0.2, 0.25) is 0 Å². The second-order valence-corrected chi connectivity index (χ2v) is 4.99. The van der Waals surface area contributed by atoms with Crippen molar-refractivity contribution >= 4 is 6.29 Å². The third-order valence-electron chi connectivity index (χ3n) is 3.59. The number of hydrogen-bond acceptors (Lipinski definition) is 1. The van der Waals surface area contributed by atoms with Gasteiger partial charge in [0.1, 0.15) is 5.82 Å². The molecule has 0 amide bonds. The molecule has 3 rings (SSSR count). The molecule has 1 saturated carbocycles. The average molecular weight is 276 g/mol. The Kier molecular flexibility index (Phi) is 2.89. The van der Waals surface area contributed by atoms with Crippen LogP contribution in [0.15, 0.2) is 42.5 Å². The summed E-state index contributed by atoms with van der Waals surface area (Å²) in [5.74, 6) is -3.77. The quantitative estimate of drug-likeness (QED) is 0.758. The minimum atomic E-state index is -2.59. The molecule has 0 spiro atoms. The maximum atomic E-state index is 13.1. The molecule has 0 saturated heterocycles. The predicted octanol–water partition coefficient (Wildman–Crippen LogP) is 4.43. The first-order valence-corrected chi connectivity index (χ1v) is 6.24. The standard InChI is InChI=1S/C16H11F3O/c17-13-5-6-14(12(7-13)9-20)10-1-3-11(4-2-10)15-8-16(15,18)19/h1-7,9,15H,8H2. The van der Waals surface area contributed by atoms with Gasteiger partial charge in [-0.2, -0.15) is 0 Å². The van der Waals surface area contributed by atoms with Gasteiger partial charge in [-0.05, 0) is 28.8 Å². The number of rotatable bonds is 3. The molecule has 0 bridgehead atoms. The fourth-order valence-electron chi connectivity index (χ4n) is 2.36. The third kappa shape index (κ3) is 2.22. The van der Waals surface area contributed by atoms with Crippen molar-refractivity contribution < 1.29 is 18.0 Å². The van der Waals surface area contributed by atoms with E-state index in [0.29, 0.717) is 23.0 Å². The smallest absolute Gasteiger partial charge is 0.255 e. The van der Waals surface area contributed by atoms with Crippen molar-refractivity contribution in [2.45, 2.75) is 18.3 Å². The summed E-state index contributed by atoms with van der Waals surface area (Å²) in [4.78, 5) is 11.0. The summed E-state index contributed by atoms with van der Waals surface area (Å²) >= 11 is 0. The van der Waals surface area contributed by atoms with Crippen molar-refractivity contribution in [2.75, 3.05) is 0 Å². The Hall–Kier alpha value is -2.10. The number of benzene rings is 2. The Bertz CT molecular complexity index is 662. The van der Waals surface area contributed by atoms with Crippen LogP contribution in [0.4, 0.5) is 13.2 Å². The van der Waals surface area contributed by atoms with Crippen molar-refractivity contribution in [2.24, 2.45) is 0 Å². The van der Waals surface area contributed by atoms with E-state index >= 15 is 0 Å². The molecule has 0 N–H and O–H groups in total. The summed E-state index contributed by atoms with van der Waals surface area (Å²) < 4.78 is 39.0. The molecule has 20 heavy (non-hydrogen) atoms. The molecule has 2 aromatic carbocycles. The lowest BCUT2D eigenvalue weighted by Gasteiger charge is -2.07. The first kappa shape index (κ1) is 12.9. The molecule has 1 aliphatic rings. The van der Waals surface area contributed by atoms with Crippen LogP contribution in [0.2, 0.25) is 0 Å². The topological polar surface area (TPSA) is 17.1 Å². The van der Waals surface area contributed by atoms with E-state index in [2.05, 4.69) is 0 Å². The van der Waals surface area contributed by atoms with Crippen molar-refractivity contribution in [3.8, 4) is 11.1 Å². The Morgan fingerprint density at radius 3 is 2.30 bits per heavy atom. The molecular weight excluding hydrogens is 265 g/mol. The summed E-state index contributed by atoms with van der Waals surface area (Å²) in [6.07, 6.45) is 0.476. The van der Waals surface area contributed by atoms with Crippen LogP contribution in [0.25, 0.3) is 11.1 Å². The molecule has 0 aromatic heterocycles. The number of alkyl halides is 2. The number of carbonyl (C=O) groups excluding carboxylic acids is 1. The molecule has 1 fully saturated rings. The molecule has 2 aromatic rings. The predicted molar refractivity (Wildman–Crippen MR) is 69.5 cm³/mol. The molecule has 1 atom stereocenters. The number of carbonyl (C=O) groups is 1. The summed E-state index contributed by atoms with van der Waals surface area (Å²) in [6, 6.07) is 10.6. The minimum Gasteiger partial charge on any atom is -0.298 e. The molecular formula is C16H11F3O. The lowest BCUT2D eigenvalue weighted by molar-refractivity contribution is 0.111. The number of hydrogen-bond donors (Lipinski definition) is 0. The van der Waals surface area contributed by atoms with E-state index in [4.69, 9.17) is 0 Å². The van der Waals surface area contributed by atoms with Gasteiger partial charge in [0.05, 0.1) is 5.92 Å². The molecule has 4 heteroatoms. The minimum absolute atomic E-state index is 0.109. The van der Waals surface area contributed by atoms with Gasteiger partial charge >= 0.3 is 0 Å². The van der Waals surface area contributed by atoms with E-state index in [-0.39, 0.29) is 12.0 Å². The fourth-order valence-corrected chi connectivity index (χ4v) is 2.36. The maximum absolute atomic E-state index is 13.1. The van der Waals surface area contributed by atoms with Gasteiger partial charge in [-0.25, -0.2) is 13.2 Å². The lowest BCUT2D eigenvalue weighted by Crippen LogP contribution is -1.93. The van der Waals surface area contributed by atoms with Crippen LogP contribution >= 0.6 is 0 Å². The van der Waals surface area contributed by atoms with E-state index in [9.17, 15) is 18.0 Å².